The number of rotatable bonds is 3. The lowest BCUT2D eigenvalue weighted by Crippen LogP contribution is -2.11. The molecular weight excluding hydrogens is 294 g/mol. The molecule has 0 aromatic carbocycles. The lowest BCUT2D eigenvalue weighted by Gasteiger charge is -2.07. The van der Waals surface area contributed by atoms with Crippen LogP contribution in [0.15, 0.2) is 18.3 Å². The standard InChI is InChI=1S/C13H17N3O2S2/c1-2-10-3-4-12(19-10)13-11(14)7-16(15-13)9-5-6-20(17,18)8-9/h3-4,7,9H,2,5-6,8,14H2,1H3. The van der Waals surface area contributed by atoms with Crippen molar-refractivity contribution in [3.8, 4) is 10.6 Å². The minimum Gasteiger partial charge on any atom is -0.396 e. The van der Waals surface area contributed by atoms with Crippen LogP contribution in [0.4, 0.5) is 5.69 Å². The number of thiophene rings is 1. The minimum absolute atomic E-state index is 0.0818. The van der Waals surface area contributed by atoms with Crippen LogP contribution < -0.4 is 5.73 Å². The van der Waals surface area contributed by atoms with Gasteiger partial charge in [0.15, 0.2) is 9.84 Å². The summed E-state index contributed by atoms with van der Waals surface area (Å²) in [4.78, 5) is 2.33. The van der Waals surface area contributed by atoms with Crippen LogP contribution in [0, 0.1) is 0 Å². The van der Waals surface area contributed by atoms with Crippen LogP contribution in [-0.2, 0) is 16.3 Å². The molecule has 0 amide bonds. The van der Waals surface area contributed by atoms with Crippen molar-refractivity contribution < 1.29 is 8.42 Å². The molecule has 1 fully saturated rings. The molecule has 3 rings (SSSR count). The van der Waals surface area contributed by atoms with Crippen molar-refractivity contribution in [3.63, 3.8) is 0 Å². The molecule has 20 heavy (non-hydrogen) atoms. The summed E-state index contributed by atoms with van der Waals surface area (Å²) in [7, 11) is -2.91. The maximum absolute atomic E-state index is 11.5. The topological polar surface area (TPSA) is 78.0 Å². The lowest BCUT2D eigenvalue weighted by molar-refractivity contribution is 0.501. The molecule has 2 aromatic rings. The fraction of sp³-hybridized carbons (Fsp3) is 0.462. The summed E-state index contributed by atoms with van der Waals surface area (Å²) in [5, 5.41) is 4.51. The molecule has 1 aliphatic rings. The first-order valence-corrected chi connectivity index (χ1v) is 9.26. The second-order valence-electron chi connectivity index (χ2n) is 5.09. The van der Waals surface area contributed by atoms with E-state index in [0.29, 0.717) is 12.1 Å². The highest BCUT2D eigenvalue weighted by atomic mass is 32.2. The number of aromatic nitrogens is 2. The number of hydrogen-bond acceptors (Lipinski definition) is 5. The van der Waals surface area contributed by atoms with Crippen LogP contribution in [0.3, 0.4) is 0 Å². The smallest absolute Gasteiger partial charge is 0.152 e. The van der Waals surface area contributed by atoms with Gasteiger partial charge in [0, 0.05) is 11.1 Å². The summed E-state index contributed by atoms with van der Waals surface area (Å²) in [6, 6.07) is 4.03. The number of sulfone groups is 1. The summed E-state index contributed by atoms with van der Waals surface area (Å²) in [6.07, 6.45) is 3.37. The average Bonchev–Trinajstić information content (AvgIpc) is 3.07. The van der Waals surface area contributed by atoms with Crippen LogP contribution in [0.5, 0.6) is 0 Å². The Morgan fingerprint density at radius 3 is 2.90 bits per heavy atom. The largest absolute Gasteiger partial charge is 0.396 e. The lowest BCUT2D eigenvalue weighted by atomic mass is 10.3. The third-order valence-electron chi connectivity index (χ3n) is 3.59. The van der Waals surface area contributed by atoms with Gasteiger partial charge < -0.3 is 5.73 Å². The first-order chi connectivity index (χ1) is 9.48. The van der Waals surface area contributed by atoms with Gasteiger partial charge in [-0.2, -0.15) is 5.10 Å². The Kier molecular flexibility index (Phi) is 3.33. The molecule has 3 heterocycles. The summed E-state index contributed by atoms with van der Waals surface area (Å²) >= 11 is 1.68. The van der Waals surface area contributed by atoms with Gasteiger partial charge in [-0.25, -0.2) is 8.42 Å². The van der Waals surface area contributed by atoms with E-state index in [1.807, 2.05) is 6.07 Å². The highest BCUT2D eigenvalue weighted by Gasteiger charge is 2.30. The third kappa shape index (κ3) is 2.47. The Labute approximate surface area is 122 Å². The number of hydrogen-bond donors (Lipinski definition) is 1. The summed E-state index contributed by atoms with van der Waals surface area (Å²) in [5.74, 6) is 0.407. The Morgan fingerprint density at radius 2 is 2.30 bits per heavy atom. The Balaban J connectivity index is 1.91. The maximum Gasteiger partial charge on any atom is 0.152 e. The predicted molar refractivity (Wildman–Crippen MR) is 81.6 cm³/mol. The van der Waals surface area contributed by atoms with E-state index in [4.69, 9.17) is 5.73 Å². The van der Waals surface area contributed by atoms with Gasteiger partial charge in [-0.3, -0.25) is 4.68 Å². The quantitative estimate of drug-likeness (QED) is 0.941. The van der Waals surface area contributed by atoms with Crippen LogP contribution in [0.2, 0.25) is 0 Å². The SMILES string of the molecule is CCc1ccc(-c2nn(C3CCS(=O)(=O)C3)cc2N)s1. The van der Waals surface area contributed by atoms with Crippen molar-refractivity contribution in [3.05, 3.63) is 23.2 Å². The summed E-state index contributed by atoms with van der Waals surface area (Å²) in [6.45, 7) is 2.11. The van der Waals surface area contributed by atoms with Crippen LogP contribution in [0.25, 0.3) is 10.6 Å². The van der Waals surface area contributed by atoms with Gasteiger partial charge in [-0.1, -0.05) is 6.92 Å². The molecule has 5 nitrogen and oxygen atoms in total. The third-order valence-corrected chi connectivity index (χ3v) is 6.57. The fourth-order valence-electron chi connectivity index (χ4n) is 2.46. The van der Waals surface area contributed by atoms with E-state index >= 15 is 0 Å². The Hall–Kier alpha value is -1.34. The Morgan fingerprint density at radius 1 is 1.50 bits per heavy atom. The van der Waals surface area contributed by atoms with E-state index in [0.717, 1.165) is 17.0 Å². The molecule has 2 aromatic heterocycles. The van der Waals surface area contributed by atoms with Gasteiger partial charge in [0.2, 0.25) is 0 Å². The maximum atomic E-state index is 11.5. The number of aryl methyl sites for hydroxylation is 1. The minimum atomic E-state index is -2.91. The van der Waals surface area contributed by atoms with Crippen LogP contribution in [-0.4, -0.2) is 29.7 Å². The molecule has 108 valence electrons. The van der Waals surface area contributed by atoms with Gasteiger partial charge >= 0.3 is 0 Å². The zero-order valence-electron chi connectivity index (χ0n) is 11.2. The first-order valence-electron chi connectivity index (χ1n) is 6.62. The molecule has 0 aliphatic carbocycles. The van der Waals surface area contributed by atoms with E-state index in [-0.39, 0.29) is 17.5 Å². The van der Waals surface area contributed by atoms with Gasteiger partial charge in [-0.15, -0.1) is 11.3 Å². The molecule has 0 spiro atoms. The van der Waals surface area contributed by atoms with Gasteiger partial charge in [0.25, 0.3) is 0 Å². The predicted octanol–water partition coefficient (Wildman–Crippen LogP) is 2.12. The van der Waals surface area contributed by atoms with Crippen molar-refractivity contribution >= 4 is 26.9 Å². The van der Waals surface area contributed by atoms with Gasteiger partial charge in [0.1, 0.15) is 5.69 Å². The second-order valence-corrected chi connectivity index (χ2v) is 8.49. The number of nitrogens with two attached hydrogens (primary N) is 1. The molecule has 7 heteroatoms. The number of nitrogen functional groups attached to an aromatic ring is 1. The van der Waals surface area contributed by atoms with Crippen LogP contribution in [0.1, 0.15) is 24.3 Å². The second kappa shape index (κ2) is 4.89. The monoisotopic (exact) mass is 311 g/mol. The van der Waals surface area contributed by atoms with Gasteiger partial charge in [0.05, 0.1) is 28.1 Å². The van der Waals surface area contributed by atoms with Crippen molar-refractivity contribution in [1.29, 1.82) is 0 Å². The highest BCUT2D eigenvalue weighted by Crippen LogP contribution is 2.33. The number of nitrogens with zero attached hydrogens (tertiary/aromatic N) is 2. The average molecular weight is 311 g/mol. The zero-order valence-corrected chi connectivity index (χ0v) is 12.9. The fourth-order valence-corrected chi connectivity index (χ4v) is 5.12. The molecule has 1 saturated heterocycles. The van der Waals surface area contributed by atoms with Crippen molar-refractivity contribution in [1.82, 2.24) is 9.78 Å². The highest BCUT2D eigenvalue weighted by molar-refractivity contribution is 7.91. The Bertz CT molecular complexity index is 731. The normalized spacial score (nSPS) is 21.4. The molecule has 1 aliphatic heterocycles. The van der Waals surface area contributed by atoms with Gasteiger partial charge in [-0.05, 0) is 25.0 Å². The molecule has 2 N–H and O–H groups in total. The zero-order chi connectivity index (χ0) is 14.3. The molecule has 0 radical (unpaired) electrons. The molecule has 1 atom stereocenters. The van der Waals surface area contributed by atoms with Crippen molar-refractivity contribution in [2.24, 2.45) is 0 Å². The molecule has 0 saturated carbocycles. The number of anilines is 1. The summed E-state index contributed by atoms with van der Waals surface area (Å²) < 4.78 is 24.8. The van der Waals surface area contributed by atoms with E-state index in [9.17, 15) is 8.42 Å². The van der Waals surface area contributed by atoms with E-state index in [1.54, 1.807) is 22.2 Å². The van der Waals surface area contributed by atoms with Crippen molar-refractivity contribution in [2.75, 3.05) is 17.2 Å². The first kappa shape index (κ1) is 13.6. The molecule has 1 unspecified atom stereocenters. The molecular formula is C13H17N3O2S2. The van der Waals surface area contributed by atoms with E-state index < -0.39 is 9.84 Å². The van der Waals surface area contributed by atoms with E-state index in [1.165, 1.54) is 4.88 Å². The molecule has 0 bridgehead atoms. The van der Waals surface area contributed by atoms with Crippen LogP contribution >= 0.6 is 11.3 Å². The van der Waals surface area contributed by atoms with Crippen molar-refractivity contribution in [2.45, 2.75) is 25.8 Å². The van der Waals surface area contributed by atoms with E-state index in [2.05, 4.69) is 18.1 Å². The summed E-state index contributed by atoms with van der Waals surface area (Å²) in [5.41, 5.74) is 7.41.